The minimum atomic E-state index is -3.54. The Kier molecular flexibility index (Phi) is 5.59. The van der Waals surface area contributed by atoms with Crippen molar-refractivity contribution in [3.05, 3.63) is 42.7 Å². The Bertz CT molecular complexity index is 758. The van der Waals surface area contributed by atoms with Gasteiger partial charge >= 0.3 is 0 Å². The number of hydrogen-bond acceptors (Lipinski definition) is 4. The number of aryl methyl sites for hydroxylation is 2. The van der Waals surface area contributed by atoms with Crippen LogP contribution in [0.5, 0.6) is 0 Å². The Balaban J connectivity index is 2.10. The molecular weight excluding hydrogens is 440 g/mol. The van der Waals surface area contributed by atoms with Gasteiger partial charge in [0, 0.05) is 27.3 Å². The van der Waals surface area contributed by atoms with E-state index < -0.39 is 10.0 Å². The van der Waals surface area contributed by atoms with E-state index in [-0.39, 0.29) is 4.90 Å². The van der Waals surface area contributed by atoms with Gasteiger partial charge in [0.05, 0.1) is 15.6 Å². The van der Waals surface area contributed by atoms with Gasteiger partial charge in [0.25, 0.3) is 0 Å². The van der Waals surface area contributed by atoms with Crippen LogP contribution in [0.2, 0.25) is 0 Å². The summed E-state index contributed by atoms with van der Waals surface area (Å²) in [6.45, 7) is 4.16. The summed E-state index contributed by atoms with van der Waals surface area (Å²) in [4.78, 5) is 4.54. The highest BCUT2D eigenvalue weighted by Crippen LogP contribution is 2.28. The normalized spacial score (nSPS) is 11.8. The molecule has 0 saturated heterocycles. The first kappa shape index (κ1) is 17.1. The Morgan fingerprint density at radius 1 is 1.24 bits per heavy atom. The van der Waals surface area contributed by atoms with E-state index in [0.29, 0.717) is 17.4 Å². The average Bonchev–Trinajstić information content (AvgIpc) is 2.79. The van der Waals surface area contributed by atoms with Gasteiger partial charge in [0.1, 0.15) is 0 Å². The first-order valence-corrected chi connectivity index (χ1v) is 10.1. The van der Waals surface area contributed by atoms with Gasteiger partial charge in [-0.1, -0.05) is 15.9 Å². The van der Waals surface area contributed by atoms with Gasteiger partial charge in [0.2, 0.25) is 10.0 Å². The lowest BCUT2D eigenvalue weighted by Crippen LogP contribution is -2.26. The highest BCUT2D eigenvalue weighted by atomic mass is 79.9. The molecule has 21 heavy (non-hydrogen) atoms. The summed E-state index contributed by atoms with van der Waals surface area (Å²) in [7, 11) is -3.54. The second kappa shape index (κ2) is 6.87. The molecule has 1 aromatic carbocycles. The topological polar surface area (TPSA) is 59.1 Å². The first-order valence-electron chi connectivity index (χ1n) is 6.16. The minimum absolute atomic E-state index is 0.231. The minimum Gasteiger partial charge on any atom is -0.247 e. The van der Waals surface area contributed by atoms with E-state index in [1.165, 1.54) is 0 Å². The highest BCUT2D eigenvalue weighted by Gasteiger charge is 2.18. The summed E-state index contributed by atoms with van der Waals surface area (Å²) < 4.78 is 28.6. The first-order chi connectivity index (χ1) is 9.79. The van der Waals surface area contributed by atoms with Crippen molar-refractivity contribution in [2.24, 2.45) is 0 Å². The number of hydrogen-bond donors (Lipinski definition) is 1. The van der Waals surface area contributed by atoms with Crippen molar-refractivity contribution in [2.75, 3.05) is 6.54 Å². The molecule has 0 spiro atoms. The zero-order chi connectivity index (χ0) is 15.6. The van der Waals surface area contributed by atoms with Crippen molar-refractivity contribution in [3.63, 3.8) is 0 Å². The van der Waals surface area contributed by atoms with E-state index in [4.69, 9.17) is 0 Å². The second-order valence-corrected chi connectivity index (χ2v) is 9.04. The van der Waals surface area contributed by atoms with Crippen molar-refractivity contribution in [1.82, 2.24) is 9.71 Å². The fraction of sp³-hybridized carbons (Fsp3) is 0.308. The van der Waals surface area contributed by atoms with E-state index in [0.717, 1.165) is 20.7 Å². The second-order valence-electron chi connectivity index (χ2n) is 4.54. The van der Waals surface area contributed by atoms with E-state index in [1.807, 2.05) is 19.2 Å². The Labute approximate surface area is 145 Å². The molecule has 1 aromatic heterocycles. The molecule has 4 nitrogen and oxygen atoms in total. The van der Waals surface area contributed by atoms with Crippen LogP contribution in [0.15, 0.2) is 31.4 Å². The molecule has 0 aliphatic heterocycles. The number of nitrogens with one attached hydrogen (secondary N) is 1. The van der Waals surface area contributed by atoms with Gasteiger partial charge in [-0.05, 0) is 47.5 Å². The fourth-order valence-electron chi connectivity index (χ4n) is 1.75. The van der Waals surface area contributed by atoms with Gasteiger partial charge in [-0.2, -0.15) is 0 Å². The van der Waals surface area contributed by atoms with Crippen LogP contribution in [0.3, 0.4) is 0 Å². The summed E-state index contributed by atoms with van der Waals surface area (Å²) >= 11 is 8.23. The van der Waals surface area contributed by atoms with Crippen LogP contribution in [0, 0.1) is 13.8 Å². The lowest BCUT2D eigenvalue weighted by molar-refractivity contribution is 0.581. The Hall–Kier alpha value is -0.280. The summed E-state index contributed by atoms with van der Waals surface area (Å²) in [6, 6.07) is 3.39. The molecule has 0 unspecified atom stereocenters. The molecule has 0 amide bonds. The third-order valence-corrected chi connectivity index (χ3v) is 6.94. The van der Waals surface area contributed by atoms with Crippen LogP contribution in [-0.2, 0) is 16.4 Å². The maximum Gasteiger partial charge on any atom is 0.241 e. The lowest BCUT2D eigenvalue weighted by Gasteiger charge is -2.10. The van der Waals surface area contributed by atoms with Gasteiger partial charge in [0.15, 0.2) is 0 Å². The van der Waals surface area contributed by atoms with Crippen LogP contribution >= 0.6 is 43.2 Å². The number of benzene rings is 1. The van der Waals surface area contributed by atoms with Crippen LogP contribution in [0.1, 0.15) is 16.3 Å². The van der Waals surface area contributed by atoms with Crippen molar-refractivity contribution in [1.29, 1.82) is 0 Å². The molecule has 8 heteroatoms. The lowest BCUT2D eigenvalue weighted by atomic mass is 10.2. The molecule has 2 aromatic rings. The number of halogens is 2. The molecule has 0 saturated carbocycles. The molecular formula is C13H14Br2N2O2S2. The van der Waals surface area contributed by atoms with Crippen molar-refractivity contribution < 1.29 is 8.42 Å². The summed E-state index contributed by atoms with van der Waals surface area (Å²) in [5.74, 6) is 0. The zero-order valence-corrected chi connectivity index (χ0v) is 16.3. The maximum atomic E-state index is 12.3. The Morgan fingerprint density at radius 3 is 2.57 bits per heavy atom. The molecule has 1 heterocycles. The molecule has 0 radical (unpaired) electrons. The molecule has 0 aliphatic rings. The average molecular weight is 454 g/mol. The molecule has 0 aliphatic carbocycles. The molecule has 2 rings (SSSR count). The number of sulfonamides is 1. The molecule has 0 atom stereocenters. The van der Waals surface area contributed by atoms with Crippen molar-refractivity contribution >= 4 is 53.2 Å². The van der Waals surface area contributed by atoms with Crippen LogP contribution in [-0.4, -0.2) is 19.9 Å². The molecule has 1 N–H and O–H groups in total. The zero-order valence-electron chi connectivity index (χ0n) is 11.5. The number of aromatic nitrogens is 1. The number of nitrogens with zero attached hydrogens (tertiary/aromatic N) is 1. The smallest absolute Gasteiger partial charge is 0.241 e. The van der Waals surface area contributed by atoms with E-state index in [1.54, 1.807) is 23.5 Å². The summed E-state index contributed by atoms with van der Waals surface area (Å²) in [5, 5.41) is 2.93. The highest BCUT2D eigenvalue weighted by molar-refractivity contribution is 9.11. The molecule has 0 fully saturated rings. The van der Waals surface area contributed by atoms with Gasteiger partial charge in [-0.25, -0.2) is 18.1 Å². The monoisotopic (exact) mass is 452 g/mol. The fourth-order valence-corrected chi connectivity index (χ4v) is 5.10. The maximum absolute atomic E-state index is 12.3. The largest absolute Gasteiger partial charge is 0.247 e. The third-order valence-electron chi connectivity index (χ3n) is 2.84. The number of thiazole rings is 1. The quantitative estimate of drug-likeness (QED) is 0.748. The Morgan fingerprint density at radius 2 is 1.95 bits per heavy atom. The SMILES string of the molecule is Cc1nc(CCNS(=O)(=O)c2cc(Br)c(C)cc2Br)cs1. The predicted octanol–water partition coefficient (Wildman–Crippen LogP) is 3.81. The van der Waals surface area contributed by atoms with Crippen LogP contribution < -0.4 is 4.72 Å². The van der Waals surface area contributed by atoms with Gasteiger partial charge in [-0.3, -0.25) is 0 Å². The number of rotatable bonds is 5. The van der Waals surface area contributed by atoms with E-state index in [9.17, 15) is 8.42 Å². The molecule has 0 bridgehead atoms. The van der Waals surface area contributed by atoms with Crippen LogP contribution in [0.25, 0.3) is 0 Å². The van der Waals surface area contributed by atoms with Crippen molar-refractivity contribution in [3.8, 4) is 0 Å². The van der Waals surface area contributed by atoms with Crippen LogP contribution in [0.4, 0.5) is 0 Å². The summed E-state index contributed by atoms with van der Waals surface area (Å²) in [6.07, 6.45) is 0.578. The summed E-state index contributed by atoms with van der Waals surface area (Å²) in [5.41, 5.74) is 1.88. The van der Waals surface area contributed by atoms with E-state index >= 15 is 0 Å². The predicted molar refractivity (Wildman–Crippen MR) is 92.3 cm³/mol. The standard InChI is InChI=1S/C13H14Br2N2O2S2/c1-8-5-12(15)13(6-11(8)14)21(18,19)16-4-3-10-7-20-9(2)17-10/h5-7,16H,3-4H2,1-2H3. The third kappa shape index (κ3) is 4.35. The van der Waals surface area contributed by atoms with E-state index in [2.05, 4.69) is 41.6 Å². The van der Waals surface area contributed by atoms with Gasteiger partial charge in [-0.15, -0.1) is 11.3 Å². The van der Waals surface area contributed by atoms with Crippen molar-refractivity contribution in [2.45, 2.75) is 25.2 Å². The molecule has 114 valence electrons. The van der Waals surface area contributed by atoms with Gasteiger partial charge < -0.3 is 0 Å².